The Morgan fingerprint density at radius 1 is 0.962 bits per heavy atom. The Hall–Kier alpha value is -2.54. The first-order chi connectivity index (χ1) is 12.5. The van der Waals surface area contributed by atoms with Crippen molar-refractivity contribution in [3.63, 3.8) is 0 Å². The normalized spacial score (nSPS) is 14.3. The number of hydrogen-bond acceptors (Lipinski definition) is 4. The molecule has 1 fully saturated rings. The second-order valence-electron chi connectivity index (χ2n) is 6.08. The van der Waals surface area contributed by atoms with E-state index < -0.39 is 5.82 Å². The summed E-state index contributed by atoms with van der Waals surface area (Å²) >= 11 is 1.38. The van der Waals surface area contributed by atoms with Crippen LogP contribution < -0.4 is 0 Å². The number of rotatable bonds is 5. The molecule has 26 heavy (non-hydrogen) atoms. The van der Waals surface area contributed by atoms with E-state index >= 15 is 0 Å². The number of carbonyl (C=O) groups excluding carboxylic acids is 3. The third kappa shape index (κ3) is 4.35. The molecule has 0 bridgehead atoms. The predicted octanol–water partition coefficient (Wildman–Crippen LogP) is 2.83. The fraction of sp³-hybridized carbons (Fsp3) is 0.316. The van der Waals surface area contributed by atoms with Crippen molar-refractivity contribution < 1.29 is 18.8 Å². The monoisotopic (exact) mass is 374 g/mol. The highest BCUT2D eigenvalue weighted by atomic mass is 32.1. The molecule has 5 nitrogen and oxygen atoms in total. The molecule has 136 valence electrons. The second-order valence-corrected chi connectivity index (χ2v) is 7.03. The highest BCUT2D eigenvalue weighted by Gasteiger charge is 2.25. The summed E-state index contributed by atoms with van der Waals surface area (Å²) in [7, 11) is 0. The van der Waals surface area contributed by atoms with Crippen molar-refractivity contribution in [3.8, 4) is 0 Å². The van der Waals surface area contributed by atoms with Gasteiger partial charge in [-0.05, 0) is 29.6 Å². The van der Waals surface area contributed by atoms with E-state index in [0.29, 0.717) is 36.6 Å². The first-order valence-corrected chi connectivity index (χ1v) is 9.32. The SMILES string of the molecule is O=C(CCC(=O)N1CCN(C(=O)c2cccc(F)c2)CC1)c1cccs1. The van der Waals surface area contributed by atoms with Crippen LogP contribution in [0.1, 0.15) is 32.9 Å². The highest BCUT2D eigenvalue weighted by Crippen LogP contribution is 2.14. The van der Waals surface area contributed by atoms with E-state index in [4.69, 9.17) is 0 Å². The van der Waals surface area contributed by atoms with E-state index in [-0.39, 0.29) is 30.4 Å². The summed E-state index contributed by atoms with van der Waals surface area (Å²) in [4.78, 5) is 40.6. The van der Waals surface area contributed by atoms with Crippen LogP contribution in [0.3, 0.4) is 0 Å². The minimum Gasteiger partial charge on any atom is -0.339 e. The van der Waals surface area contributed by atoms with Gasteiger partial charge in [0, 0.05) is 44.6 Å². The number of halogens is 1. The molecule has 1 aliphatic rings. The van der Waals surface area contributed by atoms with E-state index in [9.17, 15) is 18.8 Å². The quantitative estimate of drug-likeness (QED) is 0.756. The molecule has 0 atom stereocenters. The third-order valence-electron chi connectivity index (χ3n) is 4.35. The zero-order valence-electron chi connectivity index (χ0n) is 14.2. The minimum atomic E-state index is -0.444. The minimum absolute atomic E-state index is 0.0201. The molecule has 0 radical (unpaired) electrons. The van der Waals surface area contributed by atoms with Crippen LogP contribution in [0.5, 0.6) is 0 Å². The molecule has 1 aromatic heterocycles. The smallest absolute Gasteiger partial charge is 0.254 e. The van der Waals surface area contributed by atoms with E-state index in [2.05, 4.69) is 0 Å². The number of benzene rings is 1. The van der Waals surface area contributed by atoms with Crippen LogP contribution >= 0.6 is 11.3 Å². The lowest BCUT2D eigenvalue weighted by Gasteiger charge is -2.34. The van der Waals surface area contributed by atoms with Crippen LogP contribution in [-0.4, -0.2) is 53.6 Å². The van der Waals surface area contributed by atoms with E-state index in [1.807, 2.05) is 11.4 Å². The first kappa shape index (κ1) is 18.3. The number of thiophene rings is 1. The molecule has 3 rings (SSSR count). The van der Waals surface area contributed by atoms with Gasteiger partial charge in [0.15, 0.2) is 5.78 Å². The third-order valence-corrected chi connectivity index (χ3v) is 5.26. The number of ketones is 1. The molecular weight excluding hydrogens is 355 g/mol. The largest absolute Gasteiger partial charge is 0.339 e. The lowest BCUT2D eigenvalue weighted by Crippen LogP contribution is -2.50. The summed E-state index contributed by atoms with van der Waals surface area (Å²) in [6.45, 7) is 1.65. The highest BCUT2D eigenvalue weighted by molar-refractivity contribution is 7.12. The van der Waals surface area contributed by atoms with Crippen LogP contribution in [0.4, 0.5) is 4.39 Å². The van der Waals surface area contributed by atoms with E-state index in [0.717, 1.165) is 0 Å². The van der Waals surface area contributed by atoms with Crippen molar-refractivity contribution in [2.75, 3.05) is 26.2 Å². The van der Waals surface area contributed by atoms with Crippen LogP contribution in [0.25, 0.3) is 0 Å². The number of piperazine rings is 1. The van der Waals surface area contributed by atoms with Gasteiger partial charge in [-0.1, -0.05) is 12.1 Å². The molecule has 1 saturated heterocycles. The van der Waals surface area contributed by atoms with Gasteiger partial charge in [-0.25, -0.2) is 4.39 Å². The Kier molecular flexibility index (Phi) is 5.78. The molecule has 2 heterocycles. The molecule has 2 amide bonds. The molecule has 0 unspecified atom stereocenters. The lowest BCUT2D eigenvalue weighted by atomic mass is 10.1. The summed E-state index contributed by atoms with van der Waals surface area (Å²) in [5, 5.41) is 1.84. The second kappa shape index (κ2) is 8.23. The standard InChI is InChI=1S/C19H19FN2O3S/c20-15-4-1-3-14(13-15)19(25)22-10-8-21(9-11-22)18(24)7-6-16(23)17-5-2-12-26-17/h1-5,12-13H,6-11H2. The Labute approximate surface area is 155 Å². The maximum atomic E-state index is 13.3. The van der Waals surface area contributed by atoms with Crippen molar-refractivity contribution in [2.24, 2.45) is 0 Å². The summed E-state index contributed by atoms with van der Waals surface area (Å²) in [5.41, 5.74) is 0.311. The van der Waals surface area contributed by atoms with Crippen LogP contribution in [0.15, 0.2) is 41.8 Å². The van der Waals surface area contributed by atoms with Gasteiger partial charge in [-0.3, -0.25) is 14.4 Å². The topological polar surface area (TPSA) is 57.7 Å². The Balaban J connectivity index is 1.48. The van der Waals surface area contributed by atoms with Gasteiger partial charge >= 0.3 is 0 Å². The fourth-order valence-electron chi connectivity index (χ4n) is 2.90. The number of hydrogen-bond donors (Lipinski definition) is 0. The summed E-state index contributed by atoms with van der Waals surface area (Å²) < 4.78 is 13.3. The van der Waals surface area contributed by atoms with E-state index in [1.165, 1.54) is 29.5 Å². The number of amides is 2. The molecular formula is C19H19FN2O3S. The Morgan fingerprint density at radius 3 is 2.35 bits per heavy atom. The van der Waals surface area contributed by atoms with Crippen molar-refractivity contribution in [2.45, 2.75) is 12.8 Å². The summed E-state index contributed by atoms with van der Waals surface area (Å²) in [6, 6.07) is 9.18. The van der Waals surface area contributed by atoms with E-state index in [1.54, 1.807) is 21.9 Å². The number of Topliss-reactive ketones (excluding diaryl/α,β-unsaturated/α-hetero) is 1. The zero-order chi connectivity index (χ0) is 18.5. The zero-order valence-corrected chi connectivity index (χ0v) is 15.0. The van der Waals surface area contributed by atoms with Gasteiger partial charge in [0.1, 0.15) is 5.82 Å². The predicted molar refractivity (Wildman–Crippen MR) is 96.8 cm³/mol. The first-order valence-electron chi connectivity index (χ1n) is 8.44. The molecule has 0 spiro atoms. The van der Waals surface area contributed by atoms with Gasteiger partial charge in [0.2, 0.25) is 5.91 Å². The van der Waals surface area contributed by atoms with Crippen LogP contribution in [0.2, 0.25) is 0 Å². The van der Waals surface area contributed by atoms with Crippen LogP contribution in [0, 0.1) is 5.82 Å². The van der Waals surface area contributed by atoms with Crippen molar-refractivity contribution in [1.82, 2.24) is 9.80 Å². The number of carbonyl (C=O) groups is 3. The van der Waals surface area contributed by atoms with Gasteiger partial charge in [-0.2, -0.15) is 0 Å². The van der Waals surface area contributed by atoms with Gasteiger partial charge in [0.05, 0.1) is 4.88 Å². The van der Waals surface area contributed by atoms with Gasteiger partial charge in [0.25, 0.3) is 5.91 Å². The van der Waals surface area contributed by atoms with Gasteiger partial charge < -0.3 is 9.80 Å². The summed E-state index contributed by atoms with van der Waals surface area (Å²) in [5.74, 6) is -0.773. The average molecular weight is 374 g/mol. The molecule has 1 aromatic carbocycles. The average Bonchev–Trinajstić information content (AvgIpc) is 3.20. The lowest BCUT2D eigenvalue weighted by molar-refractivity contribution is -0.132. The van der Waals surface area contributed by atoms with Crippen molar-refractivity contribution in [1.29, 1.82) is 0 Å². The van der Waals surface area contributed by atoms with Crippen molar-refractivity contribution in [3.05, 3.63) is 58.0 Å². The molecule has 1 aliphatic heterocycles. The molecule has 0 saturated carbocycles. The fourth-order valence-corrected chi connectivity index (χ4v) is 3.60. The molecule has 2 aromatic rings. The van der Waals surface area contributed by atoms with Gasteiger partial charge in [-0.15, -0.1) is 11.3 Å². The molecule has 0 aliphatic carbocycles. The maximum absolute atomic E-state index is 13.3. The van der Waals surface area contributed by atoms with Crippen LogP contribution in [-0.2, 0) is 4.79 Å². The number of nitrogens with zero attached hydrogens (tertiary/aromatic N) is 2. The summed E-state index contributed by atoms with van der Waals surface area (Å²) in [6.07, 6.45) is 0.371. The Bertz CT molecular complexity index is 799. The maximum Gasteiger partial charge on any atom is 0.254 e. The molecule has 7 heteroatoms. The molecule has 0 N–H and O–H groups in total. The van der Waals surface area contributed by atoms with Crippen molar-refractivity contribution >= 4 is 28.9 Å². The Morgan fingerprint density at radius 2 is 1.69 bits per heavy atom.